The van der Waals surface area contributed by atoms with Gasteiger partial charge in [0.1, 0.15) is 17.4 Å². The van der Waals surface area contributed by atoms with Gasteiger partial charge in [0.05, 0.1) is 11.8 Å². The molecule has 2 rings (SSSR count). The van der Waals surface area contributed by atoms with Gasteiger partial charge in [-0.1, -0.05) is 24.9 Å². The number of fused-ring (bicyclic) bond motifs is 1. The first-order valence-corrected chi connectivity index (χ1v) is 8.71. The number of aliphatic hydroxyl groups excluding tert-OH is 1. The molecule has 0 aromatic heterocycles. The summed E-state index contributed by atoms with van der Waals surface area (Å²) in [5.41, 5.74) is 9.08. The van der Waals surface area contributed by atoms with Crippen molar-refractivity contribution >= 4 is 11.8 Å². The van der Waals surface area contributed by atoms with Gasteiger partial charge in [-0.25, -0.2) is 4.79 Å². The van der Waals surface area contributed by atoms with Crippen LogP contribution in [0.3, 0.4) is 0 Å². The van der Waals surface area contributed by atoms with Gasteiger partial charge >= 0.3 is 5.97 Å². The van der Waals surface area contributed by atoms with Crippen molar-refractivity contribution in [1.82, 2.24) is 0 Å². The molecule has 1 aliphatic heterocycles. The predicted molar refractivity (Wildman–Crippen MR) is 94.2 cm³/mol. The minimum absolute atomic E-state index is 0.128. The summed E-state index contributed by atoms with van der Waals surface area (Å²) in [7, 11) is 0. The van der Waals surface area contributed by atoms with E-state index in [2.05, 4.69) is 10.0 Å². The molecule has 0 fully saturated rings. The Bertz CT molecular complexity index is 744. The molecule has 2 N–H and O–H groups in total. The lowest BCUT2D eigenvalue weighted by Gasteiger charge is -2.33. The maximum Gasteiger partial charge on any atom is 0.343 e. The molecule has 1 heterocycles. The molecule has 0 unspecified atom stereocenters. The number of hydrogen-bond acceptors (Lipinski definition) is 5. The van der Waals surface area contributed by atoms with Gasteiger partial charge in [0.2, 0.25) is 5.78 Å². The number of rotatable bonds is 8. The highest BCUT2D eigenvalue weighted by Gasteiger charge is 2.40. The van der Waals surface area contributed by atoms with Crippen molar-refractivity contribution in [2.45, 2.75) is 52.1 Å². The number of aliphatic carboxylic acids is 1. The van der Waals surface area contributed by atoms with E-state index in [1.807, 2.05) is 13.8 Å². The van der Waals surface area contributed by atoms with Gasteiger partial charge in [0, 0.05) is 17.4 Å². The largest absolute Gasteiger partial charge is 0.507 e. The summed E-state index contributed by atoms with van der Waals surface area (Å²) in [6.45, 7) is 4.22. The molecule has 8 heteroatoms. The second-order valence-corrected chi connectivity index (χ2v) is 6.53. The molecule has 26 heavy (non-hydrogen) atoms. The summed E-state index contributed by atoms with van der Waals surface area (Å²) in [5.74, 6) is -2.70. The molecule has 0 aromatic rings. The van der Waals surface area contributed by atoms with Gasteiger partial charge in [0.15, 0.2) is 0 Å². The second kappa shape index (κ2) is 8.58. The van der Waals surface area contributed by atoms with E-state index >= 15 is 0 Å². The Morgan fingerprint density at radius 3 is 2.65 bits per heavy atom. The van der Waals surface area contributed by atoms with Gasteiger partial charge in [-0.15, -0.1) is 0 Å². The first-order chi connectivity index (χ1) is 12.4. The molecular weight excluding hydrogens is 338 g/mol. The van der Waals surface area contributed by atoms with E-state index in [1.165, 1.54) is 6.26 Å². The number of Topliss-reactive ketones (excluding diaryl/α,β-unsaturated/α-hetero) is 1. The fraction of sp³-hybridized carbons (Fsp3) is 0.556. The number of carbonyl (C=O) groups is 2. The van der Waals surface area contributed by atoms with E-state index in [0.717, 1.165) is 25.7 Å². The highest BCUT2D eigenvalue weighted by Crippen LogP contribution is 2.41. The maximum absolute atomic E-state index is 12.5. The van der Waals surface area contributed by atoms with Crippen molar-refractivity contribution in [1.29, 1.82) is 0 Å². The van der Waals surface area contributed by atoms with Gasteiger partial charge in [-0.2, -0.15) is 0 Å². The first-order valence-electron chi connectivity index (χ1n) is 8.71. The summed E-state index contributed by atoms with van der Waals surface area (Å²) in [4.78, 5) is 26.6. The minimum atomic E-state index is -1.44. The third-order valence-corrected chi connectivity index (χ3v) is 4.88. The number of ether oxygens (including phenoxy) is 1. The molecule has 0 saturated carbocycles. The lowest BCUT2D eigenvalue weighted by atomic mass is 9.76. The van der Waals surface area contributed by atoms with E-state index < -0.39 is 23.1 Å². The normalized spacial score (nSPS) is 22.4. The van der Waals surface area contributed by atoms with Gasteiger partial charge in [0.25, 0.3) is 0 Å². The van der Waals surface area contributed by atoms with Crippen LogP contribution in [-0.2, 0) is 14.3 Å². The van der Waals surface area contributed by atoms with Crippen LogP contribution in [0.15, 0.2) is 39.4 Å². The highest BCUT2D eigenvalue weighted by atomic mass is 16.5. The lowest BCUT2D eigenvalue weighted by molar-refractivity contribution is -0.134. The molecule has 2 aliphatic rings. The zero-order valence-corrected chi connectivity index (χ0v) is 14.9. The third-order valence-electron chi connectivity index (χ3n) is 4.88. The smallest absolute Gasteiger partial charge is 0.343 e. The maximum atomic E-state index is 12.5. The van der Waals surface area contributed by atoms with Crippen LogP contribution in [0.25, 0.3) is 10.4 Å². The predicted octanol–water partition coefficient (Wildman–Crippen LogP) is 3.96. The Morgan fingerprint density at radius 2 is 2.00 bits per heavy atom. The van der Waals surface area contributed by atoms with Gasteiger partial charge in [-0.3, -0.25) is 4.79 Å². The molecule has 0 saturated heterocycles. The van der Waals surface area contributed by atoms with Crippen LogP contribution in [0, 0.1) is 5.92 Å². The SMILES string of the molecule is C[C@H]1OC=C2C(=O)C(C(=O)O)=C(O)C(CCCCCCN=[N+]=[N-])=C2[C@@H]1C. The van der Waals surface area contributed by atoms with Crippen LogP contribution in [0.4, 0.5) is 0 Å². The summed E-state index contributed by atoms with van der Waals surface area (Å²) in [6.07, 6.45) is 4.85. The van der Waals surface area contributed by atoms with Crippen LogP contribution in [0.2, 0.25) is 0 Å². The summed E-state index contributed by atoms with van der Waals surface area (Å²) >= 11 is 0. The molecule has 8 nitrogen and oxygen atoms in total. The fourth-order valence-corrected chi connectivity index (χ4v) is 3.30. The van der Waals surface area contributed by atoms with Crippen molar-refractivity contribution in [2.75, 3.05) is 6.54 Å². The Hall–Kier alpha value is -2.73. The molecular formula is C18H23N3O5. The van der Waals surface area contributed by atoms with Crippen LogP contribution in [0.1, 0.15) is 46.0 Å². The van der Waals surface area contributed by atoms with Gasteiger partial charge in [-0.05, 0) is 42.9 Å². The number of carbonyl (C=O) groups excluding carboxylic acids is 1. The molecule has 2 atom stereocenters. The average Bonchev–Trinajstić information content (AvgIpc) is 2.59. The highest BCUT2D eigenvalue weighted by molar-refractivity contribution is 6.26. The number of aliphatic hydroxyl groups is 1. The quantitative estimate of drug-likeness (QED) is 0.222. The summed E-state index contributed by atoms with van der Waals surface area (Å²) < 4.78 is 5.47. The van der Waals surface area contributed by atoms with E-state index in [1.54, 1.807) is 0 Å². The van der Waals surface area contributed by atoms with E-state index in [9.17, 15) is 19.8 Å². The monoisotopic (exact) mass is 361 g/mol. The van der Waals surface area contributed by atoms with E-state index in [4.69, 9.17) is 10.3 Å². The molecule has 0 radical (unpaired) electrons. The number of unbranched alkanes of at least 4 members (excludes halogenated alkanes) is 3. The molecule has 0 bridgehead atoms. The Balaban J connectivity index is 2.24. The third kappa shape index (κ3) is 3.91. The van der Waals surface area contributed by atoms with E-state index in [-0.39, 0.29) is 17.6 Å². The van der Waals surface area contributed by atoms with Crippen molar-refractivity contribution in [3.05, 3.63) is 44.8 Å². The topological polar surface area (TPSA) is 133 Å². The fourth-order valence-electron chi connectivity index (χ4n) is 3.30. The standard InChI is InChI=1S/C18H23N3O5/c1-10-11(2)26-9-13-14(10)12(7-5-3-4-6-8-20-21-19)16(22)15(17(13)23)18(24)25/h9-11,22H,3-8H2,1-2H3,(H,24,25)/t10-,11-/m1/s1. The average molecular weight is 361 g/mol. The lowest BCUT2D eigenvalue weighted by Crippen LogP contribution is -2.33. The van der Waals surface area contributed by atoms with Crippen LogP contribution < -0.4 is 0 Å². The van der Waals surface area contributed by atoms with Crippen LogP contribution in [0.5, 0.6) is 0 Å². The van der Waals surface area contributed by atoms with Gasteiger partial charge < -0.3 is 14.9 Å². The number of carboxylic acid groups (broad SMARTS) is 1. The zero-order chi connectivity index (χ0) is 19.3. The number of allylic oxidation sites excluding steroid dienone is 2. The van der Waals surface area contributed by atoms with Crippen LogP contribution in [-0.4, -0.2) is 34.6 Å². The van der Waals surface area contributed by atoms with Crippen molar-refractivity contribution in [3.63, 3.8) is 0 Å². The number of carboxylic acids is 1. The Morgan fingerprint density at radius 1 is 1.31 bits per heavy atom. The van der Waals surface area contributed by atoms with Crippen molar-refractivity contribution in [3.8, 4) is 0 Å². The zero-order valence-electron chi connectivity index (χ0n) is 14.9. The second-order valence-electron chi connectivity index (χ2n) is 6.53. The van der Waals surface area contributed by atoms with E-state index in [0.29, 0.717) is 24.1 Å². The number of hydrogen-bond donors (Lipinski definition) is 2. The molecule has 1 aliphatic carbocycles. The molecule has 140 valence electrons. The minimum Gasteiger partial charge on any atom is -0.507 e. The number of nitrogens with zero attached hydrogens (tertiary/aromatic N) is 3. The molecule has 0 amide bonds. The summed E-state index contributed by atoms with van der Waals surface area (Å²) in [5, 5.41) is 23.3. The number of azide groups is 1. The Kier molecular flexibility index (Phi) is 6.46. The first kappa shape index (κ1) is 19.6. The van der Waals surface area contributed by atoms with Crippen molar-refractivity contribution in [2.24, 2.45) is 11.0 Å². The number of ketones is 1. The van der Waals surface area contributed by atoms with Crippen molar-refractivity contribution < 1.29 is 24.5 Å². The molecule has 0 aromatic carbocycles. The Labute approximate surface area is 151 Å². The van der Waals surface area contributed by atoms with Crippen LogP contribution >= 0.6 is 0 Å². The molecule has 0 spiro atoms. The summed E-state index contributed by atoms with van der Waals surface area (Å²) in [6, 6.07) is 0.